The summed E-state index contributed by atoms with van der Waals surface area (Å²) in [5, 5.41) is 10.5. The molecule has 0 spiro atoms. The summed E-state index contributed by atoms with van der Waals surface area (Å²) < 4.78 is 32.4. The molecule has 1 aromatic carbocycles. The van der Waals surface area contributed by atoms with Crippen LogP contribution in [0.4, 0.5) is 0 Å². The van der Waals surface area contributed by atoms with Crippen molar-refractivity contribution in [3.05, 3.63) is 34.2 Å². The van der Waals surface area contributed by atoms with Gasteiger partial charge in [0.25, 0.3) is 0 Å². The van der Waals surface area contributed by atoms with Gasteiger partial charge in [-0.3, -0.25) is 9.59 Å². The lowest BCUT2D eigenvalue weighted by Gasteiger charge is -2.32. The van der Waals surface area contributed by atoms with Crippen LogP contribution in [0, 0.1) is 0 Å². The molecule has 0 bridgehead atoms. The van der Waals surface area contributed by atoms with Crippen molar-refractivity contribution in [3.8, 4) is 5.75 Å². The second kappa shape index (κ2) is 9.34. The first-order valence-electron chi connectivity index (χ1n) is 9.54. The summed E-state index contributed by atoms with van der Waals surface area (Å²) in [6.45, 7) is 3.84. The zero-order chi connectivity index (χ0) is 21.9. The Hall–Kier alpha value is -2.14. The van der Waals surface area contributed by atoms with E-state index in [4.69, 9.17) is 16.3 Å². The molecule has 2 atom stereocenters. The van der Waals surface area contributed by atoms with E-state index in [1.165, 1.54) is 29.2 Å². The quantitative estimate of drug-likeness (QED) is 0.652. The summed E-state index contributed by atoms with van der Waals surface area (Å²) in [4.78, 5) is 28.4. The fourth-order valence-corrected chi connectivity index (χ4v) is 4.63. The first-order valence-corrected chi connectivity index (χ1v) is 11.5. The van der Waals surface area contributed by atoms with E-state index in [0.29, 0.717) is 38.4 Å². The van der Waals surface area contributed by atoms with Crippen LogP contribution in [0.5, 0.6) is 5.75 Å². The molecule has 164 valence electrons. The summed E-state index contributed by atoms with van der Waals surface area (Å²) in [6.07, 6.45) is 1.59. The van der Waals surface area contributed by atoms with E-state index in [9.17, 15) is 23.1 Å². The minimum Gasteiger partial charge on any atom is -0.506 e. The number of phenolic OH excluding ortho intramolecular Hbond substituents is 1. The Labute approximate surface area is 180 Å². The number of benzene rings is 1. The monoisotopic (exact) mass is 457 g/mol. The molecule has 1 aromatic rings. The molecule has 2 aliphatic heterocycles. The smallest absolute Gasteiger partial charge is 0.245 e. The second-order valence-corrected chi connectivity index (χ2v) is 9.17. The molecule has 9 nitrogen and oxygen atoms in total. The highest BCUT2D eigenvalue weighted by Gasteiger charge is 2.39. The number of morpholine rings is 1. The third kappa shape index (κ3) is 5.31. The molecule has 0 unspecified atom stereocenters. The standard InChI is InChI=1S/C19H24ClN3O6S/c1-13(18(25)22-7-9-29-10-8-22)23-6-4-16(19(23)26)21-30(27,28)11-5-14-2-3-17(24)15(20)12-14/h2-3,5,11-13,16,21,24H,4,6-10H2,1H3/b11-5+/t13-,16-/m0/s1. The number of sulfonamides is 1. The van der Waals surface area contributed by atoms with Crippen molar-refractivity contribution >= 4 is 39.5 Å². The van der Waals surface area contributed by atoms with Gasteiger partial charge in [-0.25, -0.2) is 8.42 Å². The summed E-state index contributed by atoms with van der Waals surface area (Å²) in [5.41, 5.74) is 0.479. The van der Waals surface area contributed by atoms with Crippen molar-refractivity contribution < 1.29 is 27.9 Å². The minimum atomic E-state index is -3.90. The van der Waals surface area contributed by atoms with Gasteiger partial charge in [0.2, 0.25) is 21.8 Å². The highest BCUT2D eigenvalue weighted by molar-refractivity contribution is 7.92. The zero-order valence-electron chi connectivity index (χ0n) is 16.5. The van der Waals surface area contributed by atoms with Crippen molar-refractivity contribution in [1.82, 2.24) is 14.5 Å². The van der Waals surface area contributed by atoms with Crippen LogP contribution in [0.25, 0.3) is 6.08 Å². The highest BCUT2D eigenvalue weighted by atomic mass is 35.5. The van der Waals surface area contributed by atoms with E-state index >= 15 is 0 Å². The predicted molar refractivity (Wildman–Crippen MR) is 111 cm³/mol. The van der Waals surface area contributed by atoms with Crippen LogP contribution in [0.1, 0.15) is 18.9 Å². The number of hydrogen-bond donors (Lipinski definition) is 2. The lowest BCUT2D eigenvalue weighted by atomic mass is 10.2. The van der Waals surface area contributed by atoms with Gasteiger partial charge in [0.15, 0.2) is 0 Å². The fraction of sp³-hybridized carbons (Fsp3) is 0.474. The Morgan fingerprint density at radius 2 is 2.03 bits per heavy atom. The Morgan fingerprint density at radius 1 is 1.33 bits per heavy atom. The van der Waals surface area contributed by atoms with Crippen LogP contribution in [0.3, 0.4) is 0 Å². The predicted octanol–water partition coefficient (Wildman–Crippen LogP) is 0.784. The molecule has 0 radical (unpaired) electrons. The van der Waals surface area contributed by atoms with E-state index < -0.39 is 28.0 Å². The first-order chi connectivity index (χ1) is 14.2. The van der Waals surface area contributed by atoms with Crippen molar-refractivity contribution in [2.24, 2.45) is 0 Å². The van der Waals surface area contributed by atoms with Gasteiger partial charge in [0.1, 0.15) is 17.8 Å². The van der Waals surface area contributed by atoms with E-state index in [-0.39, 0.29) is 23.1 Å². The number of nitrogens with one attached hydrogen (secondary N) is 1. The van der Waals surface area contributed by atoms with Crippen LogP contribution in [0.15, 0.2) is 23.6 Å². The maximum absolute atomic E-state index is 12.7. The number of carbonyl (C=O) groups excluding carboxylic acids is 2. The summed E-state index contributed by atoms with van der Waals surface area (Å²) in [7, 11) is -3.90. The number of ether oxygens (including phenoxy) is 1. The Bertz CT molecular complexity index is 946. The minimum absolute atomic E-state index is 0.100. The zero-order valence-corrected chi connectivity index (χ0v) is 18.0. The van der Waals surface area contributed by atoms with Gasteiger partial charge >= 0.3 is 0 Å². The van der Waals surface area contributed by atoms with E-state index in [1.807, 2.05) is 0 Å². The second-order valence-electron chi connectivity index (χ2n) is 7.16. The summed E-state index contributed by atoms with van der Waals surface area (Å²) in [5.74, 6) is -0.694. The largest absolute Gasteiger partial charge is 0.506 e. The fourth-order valence-electron chi connectivity index (χ4n) is 3.41. The molecule has 0 aromatic heterocycles. The van der Waals surface area contributed by atoms with Crippen LogP contribution in [-0.2, 0) is 24.3 Å². The van der Waals surface area contributed by atoms with Crippen molar-refractivity contribution in [3.63, 3.8) is 0 Å². The van der Waals surface area contributed by atoms with Crippen molar-refractivity contribution in [1.29, 1.82) is 0 Å². The van der Waals surface area contributed by atoms with Crippen molar-refractivity contribution in [2.75, 3.05) is 32.8 Å². The number of phenols is 1. The Kier molecular flexibility index (Phi) is 7.02. The van der Waals surface area contributed by atoms with E-state index in [0.717, 1.165) is 5.41 Å². The maximum Gasteiger partial charge on any atom is 0.245 e. The molecule has 30 heavy (non-hydrogen) atoms. The van der Waals surface area contributed by atoms with Crippen LogP contribution in [-0.4, -0.2) is 80.1 Å². The molecule has 2 saturated heterocycles. The van der Waals surface area contributed by atoms with Gasteiger partial charge in [-0.1, -0.05) is 17.7 Å². The number of rotatable bonds is 6. The van der Waals surface area contributed by atoms with Gasteiger partial charge in [0, 0.05) is 25.0 Å². The number of hydrogen-bond acceptors (Lipinski definition) is 6. The Morgan fingerprint density at radius 3 is 2.70 bits per heavy atom. The molecule has 2 aliphatic rings. The molecule has 0 aliphatic carbocycles. The molecule has 0 saturated carbocycles. The lowest BCUT2D eigenvalue weighted by molar-refractivity contribution is -0.146. The number of likely N-dealkylation sites (tertiary alicyclic amines) is 1. The maximum atomic E-state index is 12.7. The summed E-state index contributed by atoms with van der Waals surface area (Å²) >= 11 is 5.81. The van der Waals surface area contributed by atoms with Gasteiger partial charge < -0.3 is 19.6 Å². The molecule has 2 fully saturated rings. The van der Waals surface area contributed by atoms with Crippen LogP contribution >= 0.6 is 11.6 Å². The van der Waals surface area contributed by atoms with Gasteiger partial charge in [-0.2, -0.15) is 4.72 Å². The molecule has 2 heterocycles. The van der Waals surface area contributed by atoms with Crippen molar-refractivity contribution in [2.45, 2.75) is 25.4 Å². The number of amides is 2. The highest BCUT2D eigenvalue weighted by Crippen LogP contribution is 2.24. The molecule has 2 amide bonds. The topological polar surface area (TPSA) is 116 Å². The molecule has 3 rings (SSSR count). The third-order valence-corrected chi connectivity index (χ3v) is 6.52. The normalized spacial score (nSPS) is 21.4. The molecular weight excluding hydrogens is 434 g/mol. The molecule has 11 heteroatoms. The first kappa shape index (κ1) is 22.5. The van der Waals surface area contributed by atoms with Crippen LogP contribution < -0.4 is 4.72 Å². The average molecular weight is 458 g/mol. The van der Waals surface area contributed by atoms with Gasteiger partial charge in [-0.15, -0.1) is 0 Å². The van der Waals surface area contributed by atoms with Gasteiger partial charge in [-0.05, 0) is 37.1 Å². The lowest BCUT2D eigenvalue weighted by Crippen LogP contribution is -2.52. The number of carbonyl (C=O) groups is 2. The number of aromatic hydroxyl groups is 1. The Balaban J connectivity index is 1.61. The molecule has 2 N–H and O–H groups in total. The van der Waals surface area contributed by atoms with E-state index in [1.54, 1.807) is 11.8 Å². The van der Waals surface area contributed by atoms with E-state index in [2.05, 4.69) is 4.72 Å². The summed E-state index contributed by atoms with van der Waals surface area (Å²) in [6, 6.07) is 2.69. The SMILES string of the molecule is C[C@@H](C(=O)N1CCOCC1)N1CC[C@H](NS(=O)(=O)/C=C/c2ccc(O)c(Cl)c2)C1=O. The third-order valence-electron chi connectivity index (χ3n) is 5.11. The number of nitrogens with zero attached hydrogens (tertiary/aromatic N) is 2. The average Bonchev–Trinajstić information content (AvgIpc) is 3.08. The molecular formula is C19H24ClN3O6S. The van der Waals surface area contributed by atoms with Gasteiger partial charge in [0.05, 0.1) is 18.2 Å². The number of halogens is 1. The van der Waals surface area contributed by atoms with Crippen LogP contribution in [0.2, 0.25) is 5.02 Å².